The van der Waals surface area contributed by atoms with Crippen molar-refractivity contribution in [3.63, 3.8) is 0 Å². The van der Waals surface area contributed by atoms with Gasteiger partial charge in [-0.25, -0.2) is 0 Å². The van der Waals surface area contributed by atoms with Gasteiger partial charge >= 0.3 is 0 Å². The lowest BCUT2D eigenvalue weighted by atomic mass is 10.1. The molecule has 5 heteroatoms. The zero-order chi connectivity index (χ0) is 13.5. The molecule has 0 aliphatic heterocycles. The zero-order valence-corrected chi connectivity index (χ0v) is 10.5. The Labute approximate surface area is 107 Å². The number of carbonyl (C=O) groups is 2. The maximum Gasteiger partial charge on any atom is 0.237 e. The number of amides is 2. The summed E-state index contributed by atoms with van der Waals surface area (Å²) in [4.78, 5) is 22.1. The Kier molecular flexibility index (Phi) is 5.32. The Bertz CT molecular complexity index is 432. The van der Waals surface area contributed by atoms with Crippen molar-refractivity contribution in [3.8, 4) is 0 Å². The molecule has 1 rings (SSSR count). The molecule has 18 heavy (non-hydrogen) atoms. The molecule has 0 radical (unpaired) electrons. The normalized spacial score (nSPS) is 11.9. The number of aryl methyl sites for hydroxylation is 1. The van der Waals surface area contributed by atoms with E-state index < -0.39 is 11.9 Å². The second-order valence-electron chi connectivity index (χ2n) is 4.24. The van der Waals surface area contributed by atoms with Crippen LogP contribution in [0.4, 0.5) is 0 Å². The lowest BCUT2D eigenvalue weighted by Crippen LogP contribution is -2.43. The number of primary amides is 1. The molecule has 5 N–H and O–H groups in total. The fraction of sp³-hybridized carbons (Fsp3) is 0.385. The smallest absolute Gasteiger partial charge is 0.237 e. The quantitative estimate of drug-likeness (QED) is 0.654. The first-order valence-corrected chi connectivity index (χ1v) is 5.87. The molecule has 0 spiro atoms. The lowest BCUT2D eigenvalue weighted by molar-refractivity contribution is -0.126. The lowest BCUT2D eigenvalue weighted by Gasteiger charge is -2.11. The average molecular weight is 249 g/mol. The molecule has 1 aromatic carbocycles. The number of carbonyl (C=O) groups excluding carboxylic acids is 2. The fourth-order valence-electron chi connectivity index (χ4n) is 1.65. The molecule has 5 nitrogen and oxygen atoms in total. The molecular weight excluding hydrogens is 230 g/mol. The SMILES string of the molecule is Cc1ccccc1CCNC(=O)C(N)CC(N)=O. The first kappa shape index (κ1) is 14.2. The van der Waals surface area contributed by atoms with E-state index in [1.807, 2.05) is 31.2 Å². The summed E-state index contributed by atoms with van der Waals surface area (Å²) in [6.45, 7) is 2.52. The van der Waals surface area contributed by atoms with Gasteiger partial charge in [-0.15, -0.1) is 0 Å². The Balaban J connectivity index is 2.36. The van der Waals surface area contributed by atoms with E-state index in [9.17, 15) is 9.59 Å². The van der Waals surface area contributed by atoms with Crippen LogP contribution in [-0.2, 0) is 16.0 Å². The van der Waals surface area contributed by atoms with Crippen molar-refractivity contribution in [2.75, 3.05) is 6.54 Å². The molecule has 1 unspecified atom stereocenters. The molecule has 1 atom stereocenters. The summed E-state index contributed by atoms with van der Waals surface area (Å²) in [5, 5.41) is 2.69. The molecule has 98 valence electrons. The Morgan fingerprint density at radius 1 is 1.33 bits per heavy atom. The summed E-state index contributed by atoms with van der Waals surface area (Å²) in [5.41, 5.74) is 12.9. The van der Waals surface area contributed by atoms with Gasteiger partial charge in [0.25, 0.3) is 0 Å². The van der Waals surface area contributed by atoms with E-state index in [1.165, 1.54) is 11.1 Å². The van der Waals surface area contributed by atoms with E-state index in [1.54, 1.807) is 0 Å². The van der Waals surface area contributed by atoms with E-state index in [2.05, 4.69) is 5.32 Å². The minimum absolute atomic E-state index is 0.129. The largest absolute Gasteiger partial charge is 0.370 e. The molecule has 0 bridgehead atoms. The van der Waals surface area contributed by atoms with Crippen molar-refractivity contribution < 1.29 is 9.59 Å². The Morgan fingerprint density at radius 2 is 2.00 bits per heavy atom. The van der Waals surface area contributed by atoms with E-state index in [0.717, 1.165) is 6.42 Å². The maximum absolute atomic E-state index is 11.5. The number of rotatable bonds is 6. The van der Waals surface area contributed by atoms with Crippen LogP contribution in [0.3, 0.4) is 0 Å². The highest BCUT2D eigenvalue weighted by Gasteiger charge is 2.15. The van der Waals surface area contributed by atoms with Crippen molar-refractivity contribution >= 4 is 11.8 Å². The standard InChI is InChI=1S/C13H19N3O2/c1-9-4-2-3-5-10(9)6-7-16-13(18)11(14)8-12(15)17/h2-5,11H,6-8,14H2,1H3,(H2,15,17)(H,16,18). The third kappa shape index (κ3) is 4.55. The summed E-state index contributed by atoms with van der Waals surface area (Å²) in [7, 11) is 0. The van der Waals surface area contributed by atoms with Crippen LogP contribution < -0.4 is 16.8 Å². The Hall–Kier alpha value is -1.88. The molecule has 0 saturated heterocycles. The van der Waals surface area contributed by atoms with Gasteiger partial charge in [-0.1, -0.05) is 24.3 Å². The molecule has 1 aromatic rings. The van der Waals surface area contributed by atoms with Crippen molar-refractivity contribution in [3.05, 3.63) is 35.4 Å². The van der Waals surface area contributed by atoms with Crippen LogP contribution in [0, 0.1) is 6.92 Å². The summed E-state index contributed by atoms with van der Waals surface area (Å²) in [6, 6.07) is 7.11. The number of benzene rings is 1. The fourth-order valence-corrected chi connectivity index (χ4v) is 1.65. The van der Waals surface area contributed by atoms with Gasteiger partial charge in [0.1, 0.15) is 0 Å². The predicted molar refractivity (Wildman–Crippen MR) is 69.7 cm³/mol. The van der Waals surface area contributed by atoms with Crippen molar-refractivity contribution in [1.29, 1.82) is 0 Å². The summed E-state index contributed by atoms with van der Waals surface area (Å²) in [5.74, 6) is -0.918. The highest BCUT2D eigenvalue weighted by molar-refractivity contribution is 5.87. The molecular formula is C13H19N3O2. The van der Waals surface area contributed by atoms with Crippen LogP contribution in [0.1, 0.15) is 17.5 Å². The molecule has 0 fully saturated rings. The van der Waals surface area contributed by atoms with Gasteiger partial charge in [0.15, 0.2) is 0 Å². The third-order valence-electron chi connectivity index (χ3n) is 2.71. The minimum atomic E-state index is -0.862. The highest BCUT2D eigenvalue weighted by atomic mass is 16.2. The second-order valence-corrected chi connectivity index (χ2v) is 4.24. The van der Waals surface area contributed by atoms with Crippen molar-refractivity contribution in [2.24, 2.45) is 11.5 Å². The summed E-state index contributed by atoms with van der Waals surface area (Å²) < 4.78 is 0. The summed E-state index contributed by atoms with van der Waals surface area (Å²) >= 11 is 0. The minimum Gasteiger partial charge on any atom is -0.370 e. The van der Waals surface area contributed by atoms with Gasteiger partial charge < -0.3 is 16.8 Å². The Morgan fingerprint density at radius 3 is 2.61 bits per heavy atom. The summed E-state index contributed by atoms with van der Waals surface area (Å²) in [6.07, 6.45) is 0.609. The molecule has 2 amide bonds. The molecule has 0 saturated carbocycles. The van der Waals surface area contributed by atoms with E-state index in [-0.39, 0.29) is 12.3 Å². The predicted octanol–water partition coefficient (Wildman–Crippen LogP) is -0.144. The number of hydrogen-bond acceptors (Lipinski definition) is 3. The van der Waals surface area contributed by atoms with Crippen molar-refractivity contribution in [2.45, 2.75) is 25.8 Å². The van der Waals surface area contributed by atoms with Crippen LogP contribution in [0.25, 0.3) is 0 Å². The van der Waals surface area contributed by atoms with Gasteiger partial charge in [0, 0.05) is 6.54 Å². The molecule has 0 aromatic heterocycles. The first-order valence-electron chi connectivity index (χ1n) is 5.87. The van der Waals surface area contributed by atoms with Crippen LogP contribution in [0.2, 0.25) is 0 Å². The number of nitrogens with one attached hydrogen (secondary N) is 1. The molecule has 0 heterocycles. The van der Waals surface area contributed by atoms with Gasteiger partial charge in [-0.05, 0) is 24.5 Å². The monoisotopic (exact) mass is 249 g/mol. The molecule has 0 aliphatic rings. The van der Waals surface area contributed by atoms with Crippen LogP contribution >= 0.6 is 0 Å². The molecule has 0 aliphatic carbocycles. The van der Waals surface area contributed by atoms with E-state index in [4.69, 9.17) is 11.5 Å². The van der Waals surface area contributed by atoms with Gasteiger partial charge in [-0.2, -0.15) is 0 Å². The van der Waals surface area contributed by atoms with Crippen molar-refractivity contribution in [1.82, 2.24) is 5.32 Å². The van der Waals surface area contributed by atoms with Gasteiger partial charge in [-0.3, -0.25) is 9.59 Å². The van der Waals surface area contributed by atoms with E-state index >= 15 is 0 Å². The maximum atomic E-state index is 11.5. The topological polar surface area (TPSA) is 98.2 Å². The van der Waals surface area contributed by atoms with Gasteiger partial charge in [0.05, 0.1) is 12.5 Å². The third-order valence-corrected chi connectivity index (χ3v) is 2.71. The van der Waals surface area contributed by atoms with E-state index in [0.29, 0.717) is 6.54 Å². The number of nitrogens with two attached hydrogens (primary N) is 2. The van der Waals surface area contributed by atoms with Crippen LogP contribution in [0.15, 0.2) is 24.3 Å². The number of hydrogen-bond donors (Lipinski definition) is 3. The highest BCUT2D eigenvalue weighted by Crippen LogP contribution is 2.06. The van der Waals surface area contributed by atoms with Crippen LogP contribution in [0.5, 0.6) is 0 Å². The second kappa shape index (κ2) is 6.76. The van der Waals surface area contributed by atoms with Crippen LogP contribution in [-0.4, -0.2) is 24.4 Å². The first-order chi connectivity index (χ1) is 8.50. The van der Waals surface area contributed by atoms with Gasteiger partial charge in [0.2, 0.25) is 11.8 Å². The average Bonchev–Trinajstić information content (AvgIpc) is 2.30. The zero-order valence-electron chi connectivity index (χ0n) is 10.5.